The number of sulfonamides is 1. The SMILES string of the molecule is CCO[C@]1(CN2CCN(C3COC3)CC2)CCC[C@H](C)[C@@H](CCOC)S(=O)(=O)NC(=O)c2ccc3c(c2)N(CCCCc2cc(Cl)ccc2CO3)C[C@@H]2CC[C@H]21. The third-order valence-corrected chi connectivity index (χ3v) is 15.6. The molecule has 1 aliphatic carbocycles. The van der Waals surface area contributed by atoms with Crippen molar-refractivity contribution >= 4 is 33.2 Å². The van der Waals surface area contributed by atoms with E-state index in [2.05, 4.69) is 26.3 Å². The highest BCUT2D eigenvalue weighted by Crippen LogP contribution is 2.48. The minimum Gasteiger partial charge on any atom is -0.487 e. The van der Waals surface area contributed by atoms with Crippen LogP contribution in [0.15, 0.2) is 36.4 Å². The van der Waals surface area contributed by atoms with Crippen molar-refractivity contribution in [3.63, 3.8) is 0 Å². The summed E-state index contributed by atoms with van der Waals surface area (Å²) in [6, 6.07) is 11.9. The highest BCUT2D eigenvalue weighted by Gasteiger charge is 2.50. The zero-order valence-electron chi connectivity index (χ0n) is 33.7. The first kappa shape index (κ1) is 41.7. The summed E-state index contributed by atoms with van der Waals surface area (Å²) < 4.78 is 55.3. The maximum Gasteiger partial charge on any atom is 0.264 e. The van der Waals surface area contributed by atoms with Crippen LogP contribution >= 0.6 is 11.6 Å². The standard InChI is InChI=1S/C43H63ClN4O7S/c1-4-55-43(30-46-19-21-47(22-20-46)37-28-53-29-37)17-7-8-31(2)41(16-23-52-3)56(50,51)45-42(49)33-12-15-40-39(25-33)48(26-34-11-14-38(34)43)18-6-5-9-32-24-36(44)13-10-35(32)27-54-40/h10,12-13,15,24-25,31,34,37-38,41H,4-9,11,14,16-23,26-30H2,1-3H3,(H,45,49)/t31-,34-,38+,41+,43-/m0/s1. The Bertz CT molecular complexity index is 1750. The molecule has 2 aromatic rings. The monoisotopic (exact) mass is 814 g/mol. The van der Waals surface area contributed by atoms with E-state index in [9.17, 15) is 13.2 Å². The number of anilines is 1. The fourth-order valence-corrected chi connectivity index (χ4v) is 11.9. The van der Waals surface area contributed by atoms with E-state index < -0.39 is 21.2 Å². The number of fused-ring (bicyclic) bond motifs is 3. The number of carbonyl (C=O) groups is 1. The van der Waals surface area contributed by atoms with Gasteiger partial charge >= 0.3 is 0 Å². The zero-order chi connectivity index (χ0) is 39.3. The fourth-order valence-electron chi connectivity index (χ4n) is 9.99. The van der Waals surface area contributed by atoms with Crippen LogP contribution in [-0.4, -0.2) is 120 Å². The van der Waals surface area contributed by atoms with Gasteiger partial charge in [0.1, 0.15) is 12.4 Å². The number of piperazine rings is 1. The average molecular weight is 816 g/mol. The predicted molar refractivity (Wildman–Crippen MR) is 220 cm³/mol. The van der Waals surface area contributed by atoms with Gasteiger partial charge in [0.05, 0.1) is 35.8 Å². The Hall–Kier alpha value is -2.45. The molecule has 0 aromatic heterocycles. The summed E-state index contributed by atoms with van der Waals surface area (Å²) in [7, 11) is -2.45. The molecule has 4 heterocycles. The molecule has 0 spiro atoms. The van der Waals surface area contributed by atoms with Crippen LogP contribution in [0.25, 0.3) is 0 Å². The number of hydrogen-bond donors (Lipinski definition) is 1. The van der Waals surface area contributed by atoms with Crippen molar-refractivity contribution < 1.29 is 32.2 Å². The van der Waals surface area contributed by atoms with E-state index in [0.717, 1.165) is 120 Å². The van der Waals surface area contributed by atoms with E-state index in [-0.39, 0.29) is 18.1 Å². The normalized spacial score (nSPS) is 29.7. The smallest absolute Gasteiger partial charge is 0.264 e. The number of methoxy groups -OCH3 is 1. The van der Waals surface area contributed by atoms with Crippen molar-refractivity contribution in [1.29, 1.82) is 0 Å². The van der Waals surface area contributed by atoms with Crippen molar-refractivity contribution in [2.75, 3.05) is 84.3 Å². The van der Waals surface area contributed by atoms with Gasteiger partial charge in [0.25, 0.3) is 5.91 Å². The summed E-state index contributed by atoms with van der Waals surface area (Å²) in [5.41, 5.74) is 3.05. The molecular formula is C43H63ClN4O7S. The Labute approximate surface area is 339 Å². The molecule has 2 saturated heterocycles. The molecule has 3 fully saturated rings. The van der Waals surface area contributed by atoms with Crippen molar-refractivity contribution in [2.24, 2.45) is 17.8 Å². The topological polar surface area (TPSA) is 110 Å². The number of halogens is 1. The molecule has 4 aliphatic heterocycles. The molecule has 2 bridgehead atoms. The molecule has 56 heavy (non-hydrogen) atoms. The second kappa shape index (κ2) is 18.6. The van der Waals surface area contributed by atoms with Crippen LogP contribution < -0.4 is 14.4 Å². The minimum atomic E-state index is -4.04. The van der Waals surface area contributed by atoms with E-state index in [1.807, 2.05) is 37.3 Å². The molecule has 5 atom stereocenters. The number of benzene rings is 2. The van der Waals surface area contributed by atoms with E-state index in [0.29, 0.717) is 55.2 Å². The lowest BCUT2D eigenvalue weighted by Gasteiger charge is -2.54. The maximum atomic E-state index is 14.1. The summed E-state index contributed by atoms with van der Waals surface area (Å²) in [5, 5.41) is -0.0627. The average Bonchev–Trinajstić information content (AvgIpc) is 3.16. The molecule has 13 heteroatoms. The number of amides is 1. The first-order valence-electron chi connectivity index (χ1n) is 21.1. The number of nitrogens with one attached hydrogen (secondary N) is 1. The number of aryl methyl sites for hydroxylation is 1. The lowest BCUT2D eigenvalue weighted by molar-refractivity contribution is -0.151. The highest BCUT2D eigenvalue weighted by atomic mass is 35.5. The molecule has 310 valence electrons. The molecule has 11 nitrogen and oxygen atoms in total. The number of ether oxygens (including phenoxy) is 4. The first-order valence-corrected chi connectivity index (χ1v) is 23.0. The maximum absolute atomic E-state index is 14.1. The number of rotatable bonds is 8. The van der Waals surface area contributed by atoms with Gasteiger partial charge in [-0.05, 0) is 118 Å². The summed E-state index contributed by atoms with van der Waals surface area (Å²) in [4.78, 5) is 21.5. The summed E-state index contributed by atoms with van der Waals surface area (Å²) in [5.74, 6) is 0.605. The minimum absolute atomic E-state index is 0.192. The van der Waals surface area contributed by atoms with Gasteiger partial charge in [-0.1, -0.05) is 31.0 Å². The number of carbonyl (C=O) groups excluding carboxylic acids is 1. The third kappa shape index (κ3) is 9.53. The highest BCUT2D eigenvalue weighted by molar-refractivity contribution is 7.90. The van der Waals surface area contributed by atoms with Gasteiger partial charge in [-0.15, -0.1) is 0 Å². The van der Waals surface area contributed by atoms with Gasteiger partial charge in [0.15, 0.2) is 0 Å². The second-order valence-electron chi connectivity index (χ2n) is 16.9. The van der Waals surface area contributed by atoms with Crippen molar-refractivity contribution in [2.45, 2.75) is 95.1 Å². The fraction of sp³-hybridized carbons (Fsp3) is 0.698. The van der Waals surface area contributed by atoms with Gasteiger partial charge in [0.2, 0.25) is 10.0 Å². The van der Waals surface area contributed by atoms with Crippen LogP contribution in [0.3, 0.4) is 0 Å². The van der Waals surface area contributed by atoms with Crippen LogP contribution in [0, 0.1) is 17.8 Å². The van der Waals surface area contributed by atoms with Gasteiger partial charge < -0.3 is 23.8 Å². The Morgan fingerprint density at radius 1 is 0.982 bits per heavy atom. The van der Waals surface area contributed by atoms with Gasteiger partial charge in [-0.25, -0.2) is 13.1 Å². The molecular weight excluding hydrogens is 752 g/mol. The molecule has 0 unspecified atom stereocenters. The lowest BCUT2D eigenvalue weighted by atomic mass is 9.62. The number of hydrogen-bond acceptors (Lipinski definition) is 10. The van der Waals surface area contributed by atoms with E-state index in [1.165, 1.54) is 5.56 Å². The molecule has 1 N–H and O–H groups in total. The van der Waals surface area contributed by atoms with Crippen LogP contribution in [0.5, 0.6) is 5.75 Å². The lowest BCUT2D eigenvalue weighted by Crippen LogP contribution is -2.61. The molecule has 1 saturated carbocycles. The van der Waals surface area contributed by atoms with Crippen molar-refractivity contribution in [1.82, 2.24) is 14.5 Å². The Morgan fingerprint density at radius 2 is 1.80 bits per heavy atom. The quantitative estimate of drug-likeness (QED) is 0.333. The van der Waals surface area contributed by atoms with Gasteiger partial charge in [-0.3, -0.25) is 14.6 Å². The second-order valence-corrected chi connectivity index (χ2v) is 19.2. The van der Waals surface area contributed by atoms with Gasteiger partial charge in [0, 0.05) is 76.7 Å². The molecule has 7 rings (SSSR count). The molecule has 1 amide bonds. The van der Waals surface area contributed by atoms with Crippen LogP contribution in [0.4, 0.5) is 5.69 Å². The molecule has 5 aliphatic rings. The van der Waals surface area contributed by atoms with Gasteiger partial charge in [-0.2, -0.15) is 0 Å². The van der Waals surface area contributed by atoms with Crippen LogP contribution in [0.1, 0.15) is 86.7 Å². The van der Waals surface area contributed by atoms with Crippen molar-refractivity contribution in [3.05, 3.63) is 58.1 Å². The van der Waals surface area contributed by atoms with E-state index >= 15 is 0 Å². The van der Waals surface area contributed by atoms with Crippen LogP contribution in [-0.2, 0) is 37.3 Å². The van der Waals surface area contributed by atoms with E-state index in [1.54, 1.807) is 13.2 Å². The Balaban J connectivity index is 1.24. The summed E-state index contributed by atoms with van der Waals surface area (Å²) >= 11 is 6.44. The third-order valence-electron chi connectivity index (χ3n) is 13.4. The largest absolute Gasteiger partial charge is 0.487 e. The number of nitrogens with zero attached hydrogens (tertiary/aromatic N) is 3. The van der Waals surface area contributed by atoms with E-state index in [4.69, 9.17) is 30.5 Å². The summed E-state index contributed by atoms with van der Waals surface area (Å²) in [6.07, 6.45) is 7.74. The molecule has 2 aromatic carbocycles. The molecule has 0 radical (unpaired) electrons. The first-order chi connectivity index (χ1) is 27.1. The zero-order valence-corrected chi connectivity index (χ0v) is 35.3. The van der Waals surface area contributed by atoms with Crippen LogP contribution in [0.2, 0.25) is 5.02 Å². The Morgan fingerprint density at radius 3 is 2.52 bits per heavy atom. The Kier molecular flexibility index (Phi) is 13.9. The van der Waals surface area contributed by atoms with Crippen molar-refractivity contribution in [3.8, 4) is 5.75 Å². The predicted octanol–water partition coefficient (Wildman–Crippen LogP) is 6.16. The summed E-state index contributed by atoms with van der Waals surface area (Å²) in [6.45, 7) is 13.6.